The minimum atomic E-state index is -1.31. The van der Waals surface area contributed by atoms with Gasteiger partial charge in [0.1, 0.15) is 29.1 Å². The molecule has 2 N–H and O–H groups in total. The van der Waals surface area contributed by atoms with Crippen molar-refractivity contribution in [3.63, 3.8) is 0 Å². The van der Waals surface area contributed by atoms with Crippen LogP contribution in [0.3, 0.4) is 0 Å². The number of unbranched alkanes of at least 4 members (excludes halogenated alkanes) is 2. The number of hydrogen-bond donors (Lipinski definition) is 2. The Labute approximate surface area is 326 Å². The SMILES string of the molecule is CCCCCC(O)c1cn([C@H]2[C@H](N(C)C)[C@@H](O)[C@H](O[C@@H]3[C@@H](C)C(=O)[C@@H](C)C(=O)CC(CC)[C@@]4(C)OC(=O)O[C@@H]4[C@@H](C)C(=O)[C@H](C)C[C@@]3(C)OC)O[C@@H]2C)nn1. The third-order valence-corrected chi connectivity index (χ3v) is 12.8. The molecule has 4 rings (SSSR count). The van der Waals surface area contributed by atoms with Gasteiger partial charge in [0.15, 0.2) is 18.0 Å². The van der Waals surface area contributed by atoms with Crippen molar-refractivity contribution >= 4 is 23.5 Å². The molecule has 55 heavy (non-hydrogen) atoms. The number of carbonyl (C=O) groups excluding carboxylic acids is 4. The van der Waals surface area contributed by atoms with E-state index in [-0.39, 0.29) is 24.4 Å². The topological polar surface area (TPSA) is 189 Å². The van der Waals surface area contributed by atoms with Crippen molar-refractivity contribution < 1.29 is 53.1 Å². The fourth-order valence-electron chi connectivity index (χ4n) is 9.26. The van der Waals surface area contributed by atoms with Crippen LogP contribution in [0.15, 0.2) is 6.20 Å². The first kappa shape index (κ1) is 44.9. The molecule has 312 valence electrons. The number of hydrogen-bond acceptors (Lipinski definition) is 14. The molecule has 1 aromatic heterocycles. The van der Waals surface area contributed by atoms with Gasteiger partial charge in [0, 0.05) is 31.3 Å². The maximum Gasteiger partial charge on any atom is 0.509 e. The standard InChI is InChI=1S/C40H66N4O11/c1-13-15-16-17-28(45)27-20-44(42-41-27)30-25(7)52-37(34(49)31(30)43(10)11)53-35-24(6)33(48)22(4)29(46)18-26(14-2)40(9)36(54-38(50)55-40)23(5)32(47)21(3)19-39(35,8)51-12/h20-26,28,30-31,34-37,45,49H,13-19H2,1-12H3/t21-,22+,23+,24+,25-,26?,28?,30-,31+,34-,35-,36-,37+,39-,40-/m1/s1. The molecule has 1 aromatic rings. The van der Waals surface area contributed by atoms with Gasteiger partial charge >= 0.3 is 6.16 Å². The first-order valence-electron chi connectivity index (χ1n) is 20.1. The van der Waals surface area contributed by atoms with Crippen LogP contribution in [0.4, 0.5) is 4.79 Å². The van der Waals surface area contributed by atoms with Crippen molar-refractivity contribution in [3.05, 3.63) is 11.9 Å². The van der Waals surface area contributed by atoms with E-state index in [0.717, 1.165) is 19.3 Å². The third kappa shape index (κ3) is 9.17. The zero-order valence-corrected chi connectivity index (χ0v) is 34.9. The molecule has 15 heteroatoms. The van der Waals surface area contributed by atoms with Gasteiger partial charge in [0.05, 0.1) is 54.0 Å². The number of methoxy groups -OCH3 is 1. The monoisotopic (exact) mass is 778 g/mol. The van der Waals surface area contributed by atoms with Gasteiger partial charge in [-0.3, -0.25) is 14.4 Å². The summed E-state index contributed by atoms with van der Waals surface area (Å²) in [5.41, 5.74) is -2.13. The van der Waals surface area contributed by atoms with E-state index in [1.807, 2.05) is 32.8 Å². The van der Waals surface area contributed by atoms with Crippen LogP contribution < -0.4 is 0 Å². The average molecular weight is 779 g/mol. The molecule has 0 radical (unpaired) electrons. The number of nitrogens with zero attached hydrogens (tertiary/aromatic N) is 4. The summed E-state index contributed by atoms with van der Waals surface area (Å²) in [6.45, 7) is 16.0. The van der Waals surface area contributed by atoms with Gasteiger partial charge in [-0.25, -0.2) is 9.48 Å². The largest absolute Gasteiger partial charge is 0.509 e. The summed E-state index contributed by atoms with van der Waals surface area (Å²) >= 11 is 0. The van der Waals surface area contributed by atoms with Crippen LogP contribution in [0, 0.1) is 29.6 Å². The summed E-state index contributed by atoms with van der Waals surface area (Å²) < 4.78 is 32.3. The van der Waals surface area contributed by atoms with Crippen LogP contribution >= 0.6 is 0 Å². The molecule has 2 unspecified atom stereocenters. The molecule has 2 aliphatic heterocycles. The van der Waals surface area contributed by atoms with Crippen LogP contribution in [-0.4, -0.2) is 123 Å². The number of likely N-dealkylation sites (N-methyl/N-ethyl adjacent to an activating group) is 1. The Morgan fingerprint density at radius 2 is 1.71 bits per heavy atom. The number of ketones is 3. The lowest BCUT2D eigenvalue weighted by molar-refractivity contribution is -0.305. The zero-order chi connectivity index (χ0) is 41.2. The van der Waals surface area contributed by atoms with Crippen molar-refractivity contribution in [2.45, 2.75) is 167 Å². The Balaban J connectivity index is 1.70. The number of carbonyl (C=O) groups is 4. The average Bonchev–Trinajstić information content (AvgIpc) is 3.75. The maximum atomic E-state index is 14.3. The lowest BCUT2D eigenvalue weighted by Crippen LogP contribution is -2.62. The second-order valence-electron chi connectivity index (χ2n) is 16.9. The van der Waals surface area contributed by atoms with Gasteiger partial charge in [-0.15, -0.1) is 5.10 Å². The number of rotatable bonds is 11. The van der Waals surface area contributed by atoms with Gasteiger partial charge in [0.25, 0.3) is 0 Å². The highest BCUT2D eigenvalue weighted by Crippen LogP contribution is 2.44. The molecular formula is C40H66N4O11. The molecular weight excluding hydrogens is 712 g/mol. The minimum Gasteiger partial charge on any atom is -0.426 e. The van der Waals surface area contributed by atoms with Crippen molar-refractivity contribution in [2.75, 3.05) is 21.2 Å². The summed E-state index contributed by atoms with van der Waals surface area (Å²) in [6, 6.07) is -1.15. The maximum absolute atomic E-state index is 14.3. The Hall–Kier alpha value is -2.82. The number of Topliss-reactive ketones (excluding diaryl/α,β-unsaturated/α-hetero) is 3. The summed E-state index contributed by atoms with van der Waals surface area (Å²) in [5, 5.41) is 31.4. The molecule has 3 heterocycles. The minimum absolute atomic E-state index is 0.0725. The highest BCUT2D eigenvalue weighted by Gasteiger charge is 2.58. The third-order valence-electron chi connectivity index (χ3n) is 12.8. The highest BCUT2D eigenvalue weighted by molar-refractivity contribution is 6.03. The van der Waals surface area contributed by atoms with Crippen molar-refractivity contribution in [1.29, 1.82) is 0 Å². The summed E-state index contributed by atoms with van der Waals surface area (Å²) in [5.74, 6) is -4.90. The molecule has 3 fully saturated rings. The number of fused-ring (bicyclic) bond motifs is 1. The first-order valence-corrected chi connectivity index (χ1v) is 20.1. The molecule has 0 aromatic carbocycles. The van der Waals surface area contributed by atoms with Crippen LogP contribution in [-0.2, 0) is 38.1 Å². The summed E-state index contributed by atoms with van der Waals surface area (Å²) in [6.07, 6.45) is -1.24. The van der Waals surface area contributed by atoms with E-state index in [1.54, 1.807) is 52.4 Å². The fraction of sp³-hybridized carbons (Fsp3) is 0.850. The second kappa shape index (κ2) is 18.2. The zero-order valence-electron chi connectivity index (χ0n) is 34.9. The van der Waals surface area contributed by atoms with Crippen molar-refractivity contribution in [2.24, 2.45) is 29.6 Å². The smallest absolute Gasteiger partial charge is 0.426 e. The Kier molecular flexibility index (Phi) is 14.8. The van der Waals surface area contributed by atoms with Crippen LogP contribution in [0.25, 0.3) is 0 Å². The Morgan fingerprint density at radius 3 is 2.31 bits per heavy atom. The number of ether oxygens (including phenoxy) is 5. The predicted octanol–water partition coefficient (Wildman–Crippen LogP) is 4.62. The van der Waals surface area contributed by atoms with Gasteiger partial charge in [-0.05, 0) is 61.1 Å². The molecule has 0 bridgehead atoms. The Bertz CT molecular complexity index is 1500. The number of aromatic nitrogens is 3. The molecule has 0 amide bonds. The molecule has 1 aliphatic carbocycles. The normalized spacial score (nSPS) is 40.1. The summed E-state index contributed by atoms with van der Waals surface area (Å²) in [7, 11) is 5.12. The lowest BCUT2D eigenvalue weighted by atomic mass is 9.70. The quantitative estimate of drug-likeness (QED) is 0.180. The second-order valence-corrected chi connectivity index (χ2v) is 16.9. The number of aliphatic hydroxyl groups excluding tert-OH is 2. The molecule has 15 atom stereocenters. The highest BCUT2D eigenvalue weighted by atomic mass is 16.8. The van der Waals surface area contributed by atoms with E-state index in [0.29, 0.717) is 18.5 Å². The van der Waals surface area contributed by atoms with Gasteiger partial charge in [-0.2, -0.15) is 0 Å². The van der Waals surface area contributed by atoms with E-state index >= 15 is 0 Å². The van der Waals surface area contributed by atoms with E-state index in [1.165, 1.54) is 7.11 Å². The van der Waals surface area contributed by atoms with E-state index in [9.17, 15) is 29.4 Å². The molecule has 2 saturated heterocycles. The molecule has 15 nitrogen and oxygen atoms in total. The summed E-state index contributed by atoms with van der Waals surface area (Å²) in [4.78, 5) is 56.9. The first-order chi connectivity index (χ1) is 25.8. The van der Waals surface area contributed by atoms with Crippen LogP contribution in [0.1, 0.15) is 125 Å². The van der Waals surface area contributed by atoms with Gasteiger partial charge in [-0.1, -0.05) is 59.1 Å². The fourth-order valence-corrected chi connectivity index (χ4v) is 9.26. The van der Waals surface area contributed by atoms with Crippen molar-refractivity contribution in [1.82, 2.24) is 19.9 Å². The van der Waals surface area contributed by atoms with E-state index in [4.69, 9.17) is 23.7 Å². The number of aliphatic hydroxyl groups is 2. The van der Waals surface area contributed by atoms with Gasteiger partial charge < -0.3 is 38.8 Å². The lowest BCUT2D eigenvalue weighted by Gasteiger charge is -2.49. The van der Waals surface area contributed by atoms with E-state index in [2.05, 4.69) is 17.2 Å². The molecule has 0 spiro atoms. The van der Waals surface area contributed by atoms with E-state index < -0.39 is 102 Å². The molecule has 1 saturated carbocycles. The predicted molar refractivity (Wildman–Crippen MR) is 201 cm³/mol. The van der Waals surface area contributed by atoms with Crippen LogP contribution in [0.2, 0.25) is 0 Å². The van der Waals surface area contributed by atoms with Crippen molar-refractivity contribution in [3.8, 4) is 0 Å². The van der Waals surface area contributed by atoms with Gasteiger partial charge in [0.2, 0.25) is 0 Å². The Morgan fingerprint density at radius 1 is 1.04 bits per heavy atom. The molecule has 3 aliphatic rings. The van der Waals surface area contributed by atoms with Crippen LogP contribution in [0.5, 0.6) is 0 Å².